The average molecular weight is 330 g/mol. The molecule has 0 aromatic carbocycles. The molecule has 1 unspecified atom stereocenters. The van der Waals surface area contributed by atoms with Crippen molar-refractivity contribution in [2.75, 3.05) is 18.0 Å². The molecule has 24 heavy (non-hydrogen) atoms. The van der Waals surface area contributed by atoms with Crippen LogP contribution in [0.4, 0.5) is 5.82 Å². The van der Waals surface area contributed by atoms with E-state index in [1.54, 1.807) is 12.3 Å². The van der Waals surface area contributed by atoms with Gasteiger partial charge in [-0.25, -0.2) is 9.78 Å². The van der Waals surface area contributed by atoms with Crippen molar-refractivity contribution in [2.45, 2.75) is 52.1 Å². The van der Waals surface area contributed by atoms with E-state index < -0.39 is 5.60 Å². The summed E-state index contributed by atoms with van der Waals surface area (Å²) in [5.41, 5.74) is -0.0254. The van der Waals surface area contributed by atoms with Gasteiger partial charge >= 0.3 is 5.97 Å². The number of pyridine rings is 1. The van der Waals surface area contributed by atoms with Crippen molar-refractivity contribution in [1.82, 2.24) is 4.98 Å². The summed E-state index contributed by atoms with van der Waals surface area (Å²) in [5.74, 6) is 2.11. The maximum atomic E-state index is 12.1. The number of ether oxygens (including phenoxy) is 1. The zero-order valence-electron chi connectivity index (χ0n) is 14.7. The maximum absolute atomic E-state index is 12.1. The van der Waals surface area contributed by atoms with E-state index in [4.69, 9.17) is 4.74 Å². The molecule has 1 aliphatic carbocycles. The Kier molecular flexibility index (Phi) is 4.61. The number of piperidine rings is 1. The minimum absolute atomic E-state index is 0.342. The van der Waals surface area contributed by atoms with Gasteiger partial charge in [-0.05, 0) is 57.6 Å². The third kappa shape index (κ3) is 3.94. The minimum atomic E-state index is -0.504. The molecule has 5 heteroatoms. The van der Waals surface area contributed by atoms with Crippen LogP contribution in [0.2, 0.25) is 0 Å². The summed E-state index contributed by atoms with van der Waals surface area (Å²) in [6.45, 7) is 7.44. The molecule has 1 saturated heterocycles. The molecule has 130 valence electrons. The van der Waals surface area contributed by atoms with Crippen LogP contribution in [-0.2, 0) is 9.53 Å². The summed E-state index contributed by atoms with van der Waals surface area (Å²) in [5, 5.41) is 0. The number of ketones is 1. The first-order valence-corrected chi connectivity index (χ1v) is 8.78. The van der Waals surface area contributed by atoms with E-state index in [0.29, 0.717) is 23.2 Å². The lowest BCUT2D eigenvalue weighted by atomic mass is 9.74. The van der Waals surface area contributed by atoms with E-state index >= 15 is 0 Å². The lowest BCUT2D eigenvalue weighted by molar-refractivity contribution is -0.122. The summed E-state index contributed by atoms with van der Waals surface area (Å²) >= 11 is 0. The molecule has 1 saturated carbocycles. The summed E-state index contributed by atoms with van der Waals surface area (Å²) in [6.07, 6.45) is 5.12. The smallest absolute Gasteiger partial charge is 0.340 e. The normalized spacial score (nSPS) is 24.5. The van der Waals surface area contributed by atoms with Gasteiger partial charge in [-0.2, -0.15) is 0 Å². The molecule has 3 rings (SSSR count). The molecular weight excluding hydrogens is 304 g/mol. The van der Waals surface area contributed by atoms with Gasteiger partial charge in [0, 0.05) is 32.1 Å². The molecule has 1 aromatic rings. The van der Waals surface area contributed by atoms with Crippen molar-refractivity contribution in [3.63, 3.8) is 0 Å². The van der Waals surface area contributed by atoms with Crippen molar-refractivity contribution in [3.8, 4) is 0 Å². The Morgan fingerprint density at radius 1 is 1.25 bits per heavy atom. The number of anilines is 1. The highest BCUT2D eigenvalue weighted by Crippen LogP contribution is 2.35. The van der Waals surface area contributed by atoms with Crippen LogP contribution in [-0.4, -0.2) is 35.4 Å². The summed E-state index contributed by atoms with van der Waals surface area (Å²) in [6, 6.07) is 3.68. The summed E-state index contributed by atoms with van der Waals surface area (Å²) < 4.78 is 5.37. The van der Waals surface area contributed by atoms with Crippen LogP contribution in [0.3, 0.4) is 0 Å². The summed E-state index contributed by atoms with van der Waals surface area (Å²) in [4.78, 5) is 30.4. The molecule has 0 radical (unpaired) electrons. The van der Waals surface area contributed by atoms with E-state index in [9.17, 15) is 9.59 Å². The molecule has 0 N–H and O–H groups in total. The number of esters is 1. The SMILES string of the molecule is CC(C)(C)OC(=O)c1ccc(N2CC[C@@H]3CC(=O)CCC3C2)nc1. The van der Waals surface area contributed by atoms with Crippen LogP contribution >= 0.6 is 0 Å². The number of nitrogens with zero attached hydrogens (tertiary/aromatic N) is 2. The van der Waals surface area contributed by atoms with Crippen LogP contribution < -0.4 is 4.90 Å². The van der Waals surface area contributed by atoms with Crippen LogP contribution in [0, 0.1) is 11.8 Å². The third-order valence-corrected chi connectivity index (χ3v) is 4.88. The molecule has 0 bridgehead atoms. The molecule has 0 amide bonds. The summed E-state index contributed by atoms with van der Waals surface area (Å²) in [7, 11) is 0. The Hall–Kier alpha value is -1.91. The standard InChI is InChI=1S/C19H26N2O3/c1-19(2,3)24-18(23)14-5-7-17(20-11-14)21-9-8-13-10-16(22)6-4-15(13)12-21/h5,7,11,13,15H,4,6,8-10,12H2,1-3H3/t13-,15?/m1/s1. The lowest BCUT2D eigenvalue weighted by Gasteiger charge is -2.41. The maximum Gasteiger partial charge on any atom is 0.340 e. The molecule has 2 aliphatic rings. The number of carbonyl (C=O) groups excluding carboxylic acids is 2. The first-order chi connectivity index (χ1) is 11.3. The topological polar surface area (TPSA) is 59.5 Å². The zero-order valence-corrected chi connectivity index (χ0v) is 14.7. The van der Waals surface area contributed by atoms with Crippen LogP contribution in [0.5, 0.6) is 0 Å². The van der Waals surface area contributed by atoms with Gasteiger partial charge in [0.2, 0.25) is 0 Å². The van der Waals surface area contributed by atoms with Crippen LogP contribution in [0.1, 0.15) is 56.8 Å². The van der Waals surface area contributed by atoms with Crippen molar-refractivity contribution in [1.29, 1.82) is 0 Å². The predicted molar refractivity (Wildman–Crippen MR) is 92.1 cm³/mol. The Bertz CT molecular complexity index is 618. The molecule has 5 nitrogen and oxygen atoms in total. The number of hydrogen-bond acceptors (Lipinski definition) is 5. The number of hydrogen-bond donors (Lipinski definition) is 0. The van der Waals surface area contributed by atoms with Gasteiger partial charge in [-0.15, -0.1) is 0 Å². The second kappa shape index (κ2) is 6.54. The molecule has 1 aliphatic heterocycles. The fourth-order valence-electron chi connectivity index (χ4n) is 3.66. The van der Waals surface area contributed by atoms with Gasteiger partial charge in [0.1, 0.15) is 17.2 Å². The monoisotopic (exact) mass is 330 g/mol. The lowest BCUT2D eigenvalue weighted by Crippen LogP contribution is -2.43. The molecule has 0 spiro atoms. The van der Waals surface area contributed by atoms with Gasteiger partial charge in [-0.1, -0.05) is 0 Å². The Morgan fingerprint density at radius 3 is 2.71 bits per heavy atom. The number of fused-ring (bicyclic) bond motifs is 1. The highest BCUT2D eigenvalue weighted by Gasteiger charge is 2.34. The van der Waals surface area contributed by atoms with Crippen molar-refractivity contribution >= 4 is 17.6 Å². The second-order valence-electron chi connectivity index (χ2n) is 7.94. The van der Waals surface area contributed by atoms with Crippen molar-refractivity contribution < 1.29 is 14.3 Å². The highest BCUT2D eigenvalue weighted by atomic mass is 16.6. The van der Waals surface area contributed by atoms with E-state index in [2.05, 4.69) is 9.88 Å². The van der Waals surface area contributed by atoms with E-state index in [-0.39, 0.29) is 5.97 Å². The van der Waals surface area contributed by atoms with Gasteiger partial charge in [0.15, 0.2) is 0 Å². The van der Waals surface area contributed by atoms with Gasteiger partial charge in [0.05, 0.1) is 5.56 Å². The number of aromatic nitrogens is 1. The molecular formula is C19H26N2O3. The fraction of sp³-hybridized carbons (Fsp3) is 0.632. The minimum Gasteiger partial charge on any atom is -0.456 e. The van der Waals surface area contributed by atoms with E-state index in [1.807, 2.05) is 26.8 Å². The first kappa shape index (κ1) is 16.9. The predicted octanol–water partition coefficient (Wildman–Crippen LogP) is 3.23. The largest absolute Gasteiger partial charge is 0.456 e. The molecule has 1 aromatic heterocycles. The van der Waals surface area contributed by atoms with Crippen molar-refractivity contribution in [3.05, 3.63) is 23.9 Å². The fourth-order valence-corrected chi connectivity index (χ4v) is 3.66. The van der Waals surface area contributed by atoms with E-state index in [1.165, 1.54) is 0 Å². The Balaban J connectivity index is 1.64. The molecule has 2 atom stereocenters. The van der Waals surface area contributed by atoms with Crippen LogP contribution in [0.25, 0.3) is 0 Å². The number of rotatable bonds is 2. The van der Waals surface area contributed by atoms with Gasteiger partial charge in [-0.3, -0.25) is 4.79 Å². The third-order valence-electron chi connectivity index (χ3n) is 4.88. The van der Waals surface area contributed by atoms with Gasteiger partial charge < -0.3 is 9.64 Å². The number of Topliss-reactive ketones (excluding diaryl/α,β-unsaturated/α-hetero) is 1. The average Bonchev–Trinajstić information content (AvgIpc) is 2.53. The van der Waals surface area contributed by atoms with E-state index in [0.717, 1.165) is 44.6 Å². The van der Waals surface area contributed by atoms with Crippen molar-refractivity contribution in [2.24, 2.45) is 11.8 Å². The number of carbonyl (C=O) groups is 2. The zero-order chi connectivity index (χ0) is 17.3. The Labute approximate surface area is 143 Å². The Morgan fingerprint density at radius 2 is 2.04 bits per heavy atom. The highest BCUT2D eigenvalue weighted by molar-refractivity contribution is 5.89. The molecule has 2 heterocycles. The van der Waals surface area contributed by atoms with Gasteiger partial charge in [0.25, 0.3) is 0 Å². The molecule has 2 fully saturated rings. The first-order valence-electron chi connectivity index (χ1n) is 8.78. The second-order valence-corrected chi connectivity index (χ2v) is 7.94. The quantitative estimate of drug-likeness (QED) is 0.779. The van der Waals surface area contributed by atoms with Crippen LogP contribution in [0.15, 0.2) is 18.3 Å².